The summed E-state index contributed by atoms with van der Waals surface area (Å²) in [6, 6.07) is 5.78. The molecule has 1 aromatic carbocycles. The molecule has 0 N–H and O–H groups in total. The standard InChI is InChI=1S/C29H42O7/c1-18(2)8-12-24-28(5,36-24)27-26(32-7)22(14-15-29(27)17-33-29)35-25(30)13-10-20-9-11-21(34-19(3)4)23(16-20)31-6/h8-9,11,16,19,22,24,26-27H,10,12-15,17H2,1-7H3/t22-,24+,26-,27?,28?,29?/m1/s1. The molecule has 2 saturated heterocycles. The number of rotatable bonds is 11. The highest BCUT2D eigenvalue weighted by Gasteiger charge is 2.72. The van der Waals surface area contributed by atoms with E-state index >= 15 is 0 Å². The maximum atomic E-state index is 12.9. The van der Waals surface area contributed by atoms with Crippen LogP contribution in [0.1, 0.15) is 65.9 Å². The molecular formula is C29H42O7. The van der Waals surface area contributed by atoms with Gasteiger partial charge in [-0.2, -0.15) is 0 Å². The monoisotopic (exact) mass is 502 g/mol. The van der Waals surface area contributed by atoms with Crippen molar-refractivity contribution in [1.82, 2.24) is 0 Å². The van der Waals surface area contributed by atoms with Crippen molar-refractivity contribution in [2.45, 2.75) is 102 Å². The smallest absolute Gasteiger partial charge is 0.306 e. The number of carbonyl (C=O) groups is 1. The lowest BCUT2D eigenvalue weighted by molar-refractivity contribution is -0.171. The van der Waals surface area contributed by atoms with Crippen LogP contribution in [0.4, 0.5) is 0 Å². The molecule has 1 aromatic rings. The predicted octanol–water partition coefficient (Wildman–Crippen LogP) is 5.03. The molecule has 4 rings (SSSR count). The third kappa shape index (κ3) is 5.74. The molecule has 3 fully saturated rings. The Balaban J connectivity index is 1.38. The van der Waals surface area contributed by atoms with Gasteiger partial charge in [-0.3, -0.25) is 4.79 Å². The Morgan fingerprint density at radius 1 is 1.22 bits per heavy atom. The van der Waals surface area contributed by atoms with Gasteiger partial charge in [-0.1, -0.05) is 17.7 Å². The molecule has 200 valence electrons. The molecule has 6 atom stereocenters. The summed E-state index contributed by atoms with van der Waals surface area (Å²) < 4.78 is 35.5. The molecule has 2 aliphatic heterocycles. The van der Waals surface area contributed by atoms with Gasteiger partial charge in [0.2, 0.25) is 0 Å². The Kier molecular flexibility index (Phi) is 8.03. The van der Waals surface area contributed by atoms with Crippen molar-refractivity contribution in [2.75, 3.05) is 20.8 Å². The van der Waals surface area contributed by atoms with Crippen LogP contribution in [0.2, 0.25) is 0 Å². The average Bonchev–Trinajstić information content (AvgIpc) is 3.74. The summed E-state index contributed by atoms with van der Waals surface area (Å²) in [6.45, 7) is 11.0. The summed E-state index contributed by atoms with van der Waals surface area (Å²) in [5, 5.41) is 0. The molecule has 0 bridgehead atoms. The third-order valence-electron chi connectivity index (χ3n) is 7.73. The number of carbonyl (C=O) groups excluding carboxylic acids is 1. The third-order valence-corrected chi connectivity index (χ3v) is 7.73. The minimum atomic E-state index is -0.343. The summed E-state index contributed by atoms with van der Waals surface area (Å²) in [7, 11) is 3.32. The van der Waals surface area contributed by atoms with Crippen LogP contribution in [0.15, 0.2) is 29.8 Å². The number of epoxide rings is 2. The minimum Gasteiger partial charge on any atom is -0.493 e. The van der Waals surface area contributed by atoms with Gasteiger partial charge in [-0.15, -0.1) is 0 Å². The Hall–Kier alpha value is -2.09. The second-order valence-corrected chi connectivity index (χ2v) is 11.1. The van der Waals surface area contributed by atoms with E-state index in [2.05, 4.69) is 26.8 Å². The van der Waals surface area contributed by atoms with Gasteiger partial charge in [0.05, 0.1) is 31.8 Å². The zero-order chi connectivity index (χ0) is 26.1. The fraction of sp³-hybridized carbons (Fsp3) is 0.690. The molecule has 36 heavy (non-hydrogen) atoms. The lowest BCUT2D eigenvalue weighted by atomic mass is 9.68. The van der Waals surface area contributed by atoms with Gasteiger partial charge >= 0.3 is 5.97 Å². The Morgan fingerprint density at radius 3 is 2.58 bits per heavy atom. The van der Waals surface area contributed by atoms with Crippen LogP contribution >= 0.6 is 0 Å². The van der Waals surface area contributed by atoms with Crippen molar-refractivity contribution in [3.8, 4) is 11.5 Å². The summed E-state index contributed by atoms with van der Waals surface area (Å²) in [6.07, 6.45) is 5.10. The van der Waals surface area contributed by atoms with E-state index in [1.165, 1.54) is 5.57 Å². The van der Waals surface area contributed by atoms with Crippen LogP contribution in [0.25, 0.3) is 0 Å². The molecule has 3 unspecified atom stereocenters. The first-order valence-electron chi connectivity index (χ1n) is 13.1. The number of benzene rings is 1. The highest BCUT2D eigenvalue weighted by atomic mass is 16.6. The molecule has 1 saturated carbocycles. The second kappa shape index (κ2) is 10.7. The first-order valence-corrected chi connectivity index (χ1v) is 13.1. The van der Waals surface area contributed by atoms with Crippen molar-refractivity contribution in [2.24, 2.45) is 5.92 Å². The van der Waals surface area contributed by atoms with Crippen molar-refractivity contribution in [3.05, 3.63) is 35.4 Å². The summed E-state index contributed by atoms with van der Waals surface area (Å²) in [4.78, 5) is 12.9. The predicted molar refractivity (Wildman–Crippen MR) is 136 cm³/mol. The van der Waals surface area contributed by atoms with Crippen LogP contribution in [-0.2, 0) is 30.2 Å². The molecule has 3 aliphatic rings. The van der Waals surface area contributed by atoms with Gasteiger partial charge in [0.1, 0.15) is 23.4 Å². The molecule has 7 heteroatoms. The molecular weight excluding hydrogens is 460 g/mol. The van der Waals surface area contributed by atoms with Crippen LogP contribution in [0.5, 0.6) is 11.5 Å². The molecule has 1 spiro atoms. The summed E-state index contributed by atoms with van der Waals surface area (Å²) in [5.41, 5.74) is 1.71. The molecule has 1 aliphatic carbocycles. The minimum absolute atomic E-state index is 0.0230. The largest absolute Gasteiger partial charge is 0.493 e. The van der Waals surface area contributed by atoms with Crippen LogP contribution in [-0.4, -0.2) is 62.4 Å². The number of methoxy groups -OCH3 is 2. The fourth-order valence-corrected chi connectivity index (χ4v) is 5.76. The van der Waals surface area contributed by atoms with Gasteiger partial charge in [-0.25, -0.2) is 0 Å². The molecule has 0 radical (unpaired) electrons. The quantitative estimate of drug-likeness (QED) is 0.238. The average molecular weight is 503 g/mol. The molecule has 2 heterocycles. The van der Waals surface area contributed by atoms with E-state index in [1.807, 2.05) is 32.0 Å². The van der Waals surface area contributed by atoms with Gasteiger partial charge < -0.3 is 28.4 Å². The number of hydrogen-bond donors (Lipinski definition) is 0. The maximum absolute atomic E-state index is 12.9. The lowest BCUT2D eigenvalue weighted by Gasteiger charge is -2.42. The Bertz CT molecular complexity index is 962. The Morgan fingerprint density at radius 2 is 1.97 bits per heavy atom. The summed E-state index contributed by atoms with van der Waals surface area (Å²) in [5.74, 6) is 1.16. The number of esters is 1. The van der Waals surface area contributed by atoms with E-state index in [0.29, 0.717) is 24.5 Å². The van der Waals surface area contributed by atoms with E-state index < -0.39 is 0 Å². The van der Waals surface area contributed by atoms with Crippen molar-refractivity contribution >= 4 is 5.97 Å². The Labute approximate surface area is 215 Å². The topological polar surface area (TPSA) is 79.1 Å². The van der Waals surface area contributed by atoms with Crippen LogP contribution < -0.4 is 9.47 Å². The van der Waals surface area contributed by atoms with E-state index in [9.17, 15) is 4.79 Å². The summed E-state index contributed by atoms with van der Waals surface area (Å²) >= 11 is 0. The van der Waals surface area contributed by atoms with Gasteiger partial charge in [0.15, 0.2) is 11.5 Å². The lowest BCUT2D eigenvalue weighted by Crippen LogP contribution is -2.55. The zero-order valence-corrected chi connectivity index (χ0v) is 22.8. The van der Waals surface area contributed by atoms with Gasteiger partial charge in [0.25, 0.3) is 0 Å². The van der Waals surface area contributed by atoms with Gasteiger partial charge in [-0.05, 0) is 78.0 Å². The van der Waals surface area contributed by atoms with Crippen LogP contribution in [0, 0.1) is 5.92 Å². The van der Waals surface area contributed by atoms with Crippen molar-refractivity contribution in [1.29, 1.82) is 0 Å². The van der Waals surface area contributed by atoms with E-state index in [1.54, 1.807) is 14.2 Å². The highest BCUT2D eigenvalue weighted by Crippen LogP contribution is 2.59. The maximum Gasteiger partial charge on any atom is 0.306 e. The number of hydrogen-bond acceptors (Lipinski definition) is 7. The first kappa shape index (κ1) is 27.0. The zero-order valence-electron chi connectivity index (χ0n) is 22.8. The number of ether oxygens (including phenoxy) is 6. The van der Waals surface area contributed by atoms with E-state index in [4.69, 9.17) is 28.4 Å². The molecule has 0 amide bonds. The van der Waals surface area contributed by atoms with Crippen LogP contribution in [0.3, 0.4) is 0 Å². The highest BCUT2D eigenvalue weighted by molar-refractivity contribution is 5.70. The molecule has 0 aromatic heterocycles. The van der Waals surface area contributed by atoms with E-state index in [0.717, 1.165) is 24.8 Å². The fourth-order valence-electron chi connectivity index (χ4n) is 5.76. The number of aryl methyl sites for hydroxylation is 1. The van der Waals surface area contributed by atoms with E-state index in [-0.39, 0.29) is 53.9 Å². The molecule has 7 nitrogen and oxygen atoms in total. The van der Waals surface area contributed by atoms with Crippen molar-refractivity contribution in [3.63, 3.8) is 0 Å². The number of allylic oxidation sites excluding steroid dienone is 1. The van der Waals surface area contributed by atoms with Crippen molar-refractivity contribution < 1.29 is 33.2 Å². The van der Waals surface area contributed by atoms with Gasteiger partial charge in [0, 0.05) is 13.5 Å². The SMILES string of the molecule is COc1cc(CCC(=O)O[C@@H]2CCC3(CO3)C(C3(C)O[C@H]3CC=C(C)C)[C@@H]2OC)ccc1OC(C)C. The normalized spacial score (nSPS) is 32.8. The first-order chi connectivity index (χ1) is 17.1. The second-order valence-electron chi connectivity index (χ2n) is 11.1.